The first-order chi connectivity index (χ1) is 20.3. The Morgan fingerprint density at radius 1 is 0.439 bits per heavy atom. The number of rotatable bonds is 29. The summed E-state index contributed by atoms with van der Waals surface area (Å²) in [5.74, 6) is 0. The Morgan fingerprint density at radius 2 is 0.829 bits per heavy atom. The zero-order valence-corrected chi connectivity index (χ0v) is 27.8. The minimum atomic E-state index is 0.552. The molecule has 0 N–H and O–H groups in total. The number of hydrogen-bond donors (Lipinski definition) is 0. The molecule has 2 heteroatoms. The Morgan fingerprint density at radius 3 is 1.29 bits per heavy atom. The summed E-state index contributed by atoms with van der Waals surface area (Å²) < 4.78 is 0. The van der Waals surface area contributed by atoms with Gasteiger partial charge in [0.15, 0.2) is 0 Å². The zero-order chi connectivity index (χ0) is 29.1. The lowest BCUT2D eigenvalue weighted by Crippen LogP contribution is -2.38. The molecule has 1 aliphatic heterocycles. The van der Waals surface area contributed by atoms with Crippen LogP contribution in [0.25, 0.3) is 0 Å². The molecule has 2 rings (SSSR count). The fraction of sp³-hybridized carbons (Fsp3) is 0.795. The Balaban J connectivity index is 1.52. The Hall–Kier alpha value is -1.44. The first kappa shape index (κ1) is 35.8. The van der Waals surface area contributed by atoms with Crippen molar-refractivity contribution in [2.45, 2.75) is 193 Å². The molecule has 0 saturated heterocycles. The lowest BCUT2D eigenvalue weighted by atomic mass is 10.0. The van der Waals surface area contributed by atoms with Gasteiger partial charge in [0.2, 0.25) is 0 Å². The average Bonchev–Trinajstić information content (AvgIpc) is 3.37. The van der Waals surface area contributed by atoms with E-state index in [1.165, 1.54) is 179 Å². The third kappa shape index (κ3) is 18.7. The largest absolute Gasteiger partial charge is 0.356 e. The van der Waals surface area contributed by atoms with Crippen molar-refractivity contribution in [2.24, 2.45) is 0 Å². The summed E-state index contributed by atoms with van der Waals surface area (Å²) in [5, 5.41) is 0. The second kappa shape index (κ2) is 26.2. The molecule has 2 nitrogen and oxygen atoms in total. The zero-order valence-electron chi connectivity index (χ0n) is 27.8. The molecule has 0 amide bonds. The predicted octanol–water partition coefficient (Wildman–Crippen LogP) is 12.8. The highest BCUT2D eigenvalue weighted by Crippen LogP contribution is 2.25. The van der Waals surface area contributed by atoms with Gasteiger partial charge in [0.25, 0.3) is 0 Å². The molecule has 0 fully saturated rings. The summed E-state index contributed by atoms with van der Waals surface area (Å²) in [6.45, 7) is 6.87. The topological polar surface area (TPSA) is 6.48 Å². The third-order valence-corrected chi connectivity index (χ3v) is 9.26. The molecule has 0 spiro atoms. The normalized spacial score (nSPS) is 14.9. The number of unbranched alkanes of at least 4 members (excludes halogenated alkanes) is 23. The lowest BCUT2D eigenvalue weighted by Gasteiger charge is -2.33. The van der Waals surface area contributed by atoms with Gasteiger partial charge < -0.3 is 9.80 Å². The molecular weight excluding hydrogens is 496 g/mol. The van der Waals surface area contributed by atoms with Crippen LogP contribution in [0, 0.1) is 0 Å². The summed E-state index contributed by atoms with van der Waals surface area (Å²) in [6, 6.07) is 11.0. The molecule has 1 heterocycles. The molecule has 0 radical (unpaired) electrons. The maximum atomic E-state index is 2.66. The second-order valence-corrected chi connectivity index (χ2v) is 13.1. The number of nitrogens with zero attached hydrogens (tertiary/aromatic N) is 2. The minimum absolute atomic E-state index is 0.552. The van der Waals surface area contributed by atoms with Gasteiger partial charge in [-0.25, -0.2) is 0 Å². The van der Waals surface area contributed by atoms with Crippen molar-refractivity contribution < 1.29 is 0 Å². The van der Waals surface area contributed by atoms with Crippen LogP contribution in [0.1, 0.15) is 186 Å². The maximum absolute atomic E-state index is 2.66. The molecule has 1 aromatic carbocycles. The molecule has 1 aliphatic rings. The van der Waals surface area contributed by atoms with Gasteiger partial charge in [-0.3, -0.25) is 0 Å². The SMILES string of the molecule is CCCCCCCCCCCCCCCCCCCC1N(CCCCCCCCCC)C=CN1Cc1ccccc1. The van der Waals surface area contributed by atoms with Crippen LogP contribution in [0.15, 0.2) is 42.7 Å². The molecule has 0 aliphatic carbocycles. The van der Waals surface area contributed by atoms with Crippen LogP contribution < -0.4 is 0 Å². The highest BCUT2D eigenvalue weighted by atomic mass is 15.4. The van der Waals surface area contributed by atoms with E-state index in [1.807, 2.05) is 0 Å². The van der Waals surface area contributed by atoms with E-state index in [0.717, 1.165) is 6.54 Å². The summed E-state index contributed by atoms with van der Waals surface area (Å²) in [6.07, 6.45) is 42.4. The van der Waals surface area contributed by atoms with Gasteiger partial charge in [-0.05, 0) is 24.8 Å². The fourth-order valence-corrected chi connectivity index (χ4v) is 6.55. The van der Waals surface area contributed by atoms with Gasteiger partial charge in [-0.1, -0.05) is 192 Å². The van der Waals surface area contributed by atoms with Crippen LogP contribution in [0.5, 0.6) is 0 Å². The van der Waals surface area contributed by atoms with Crippen LogP contribution in [-0.4, -0.2) is 22.5 Å². The molecule has 0 saturated carbocycles. The molecule has 41 heavy (non-hydrogen) atoms. The highest BCUT2D eigenvalue weighted by molar-refractivity contribution is 5.16. The minimum Gasteiger partial charge on any atom is -0.356 e. The Labute approximate surface area is 257 Å². The van der Waals surface area contributed by atoms with Crippen molar-refractivity contribution in [3.63, 3.8) is 0 Å². The van der Waals surface area contributed by atoms with Crippen LogP contribution in [0.3, 0.4) is 0 Å². The first-order valence-corrected chi connectivity index (χ1v) is 18.6. The molecule has 1 unspecified atom stereocenters. The monoisotopic (exact) mass is 567 g/mol. The van der Waals surface area contributed by atoms with Crippen molar-refractivity contribution in [3.05, 3.63) is 48.3 Å². The van der Waals surface area contributed by atoms with E-state index in [0.29, 0.717) is 6.17 Å². The summed E-state index contributed by atoms with van der Waals surface area (Å²) in [5.41, 5.74) is 1.43. The number of hydrogen-bond acceptors (Lipinski definition) is 2. The number of benzene rings is 1. The van der Waals surface area contributed by atoms with Crippen LogP contribution in [0.4, 0.5) is 0 Å². The van der Waals surface area contributed by atoms with Crippen molar-refractivity contribution in [3.8, 4) is 0 Å². The van der Waals surface area contributed by atoms with Crippen LogP contribution in [0.2, 0.25) is 0 Å². The standard InChI is InChI=1S/C39H70N2/c1-3-5-7-9-11-13-14-15-16-17-18-19-20-21-22-24-29-33-39-40(34-30-25-23-12-10-8-6-4-2)35-36-41(39)37-38-31-27-26-28-32-38/h26-28,31-32,35-36,39H,3-25,29-30,33-34,37H2,1-2H3. The molecule has 236 valence electrons. The van der Waals surface area contributed by atoms with E-state index in [2.05, 4.69) is 66.4 Å². The van der Waals surface area contributed by atoms with Gasteiger partial charge in [0.1, 0.15) is 6.17 Å². The van der Waals surface area contributed by atoms with Gasteiger partial charge in [-0.15, -0.1) is 0 Å². The first-order valence-electron chi connectivity index (χ1n) is 18.6. The summed E-state index contributed by atoms with van der Waals surface area (Å²) >= 11 is 0. The Bertz CT molecular complexity index is 699. The maximum Gasteiger partial charge on any atom is 0.101 e. The van der Waals surface area contributed by atoms with E-state index in [9.17, 15) is 0 Å². The lowest BCUT2D eigenvalue weighted by molar-refractivity contribution is 0.132. The molecule has 0 aromatic heterocycles. The van der Waals surface area contributed by atoms with E-state index >= 15 is 0 Å². The second-order valence-electron chi connectivity index (χ2n) is 13.1. The molecular formula is C39H70N2. The van der Waals surface area contributed by atoms with Crippen molar-refractivity contribution in [1.29, 1.82) is 0 Å². The van der Waals surface area contributed by atoms with Gasteiger partial charge in [0, 0.05) is 25.5 Å². The highest BCUT2D eigenvalue weighted by Gasteiger charge is 2.25. The molecule has 0 bridgehead atoms. The van der Waals surface area contributed by atoms with E-state index in [-0.39, 0.29) is 0 Å². The summed E-state index contributed by atoms with van der Waals surface area (Å²) in [4.78, 5) is 5.26. The van der Waals surface area contributed by atoms with Gasteiger partial charge >= 0.3 is 0 Å². The Kier molecular flexibility index (Phi) is 22.9. The predicted molar refractivity (Wildman–Crippen MR) is 183 cm³/mol. The third-order valence-electron chi connectivity index (χ3n) is 9.26. The van der Waals surface area contributed by atoms with Crippen LogP contribution in [-0.2, 0) is 6.54 Å². The van der Waals surface area contributed by atoms with Crippen molar-refractivity contribution in [1.82, 2.24) is 9.80 Å². The summed E-state index contributed by atoms with van der Waals surface area (Å²) in [7, 11) is 0. The van der Waals surface area contributed by atoms with Crippen molar-refractivity contribution in [2.75, 3.05) is 6.54 Å². The smallest absolute Gasteiger partial charge is 0.101 e. The fourth-order valence-electron chi connectivity index (χ4n) is 6.55. The molecule has 1 aromatic rings. The van der Waals surface area contributed by atoms with Gasteiger partial charge in [-0.2, -0.15) is 0 Å². The van der Waals surface area contributed by atoms with Crippen molar-refractivity contribution >= 4 is 0 Å². The average molecular weight is 567 g/mol. The van der Waals surface area contributed by atoms with E-state index in [1.54, 1.807) is 0 Å². The van der Waals surface area contributed by atoms with E-state index < -0.39 is 0 Å². The molecule has 1 atom stereocenters. The van der Waals surface area contributed by atoms with Crippen LogP contribution >= 0.6 is 0 Å². The van der Waals surface area contributed by atoms with Gasteiger partial charge in [0.05, 0.1) is 0 Å². The quantitative estimate of drug-likeness (QED) is 0.0890. The van der Waals surface area contributed by atoms with E-state index in [4.69, 9.17) is 0 Å².